The Bertz CT molecular complexity index is 3800. The molecule has 594 valence electrons. The second-order valence-corrected chi connectivity index (χ2v) is 32.0. The number of ether oxygens (including phenoxy) is 13. The summed E-state index contributed by atoms with van der Waals surface area (Å²) < 4.78 is 78.2. The number of aliphatic hydroxyl groups is 5. The van der Waals surface area contributed by atoms with Gasteiger partial charge in [-0.2, -0.15) is 10.6 Å². The van der Waals surface area contributed by atoms with Crippen LogP contribution in [-0.4, -0.2) is 252 Å². The highest BCUT2D eigenvalue weighted by Gasteiger charge is 2.53. The van der Waals surface area contributed by atoms with Gasteiger partial charge in [0, 0.05) is 75.0 Å². The number of carbonyl (C=O) groups excluding carboxylic acids is 6. The minimum Gasteiger partial charge on any atom is -0.494 e. The maximum absolute atomic E-state index is 14.6. The molecule has 6 aliphatic rings. The predicted octanol–water partition coefficient (Wildman–Crippen LogP) is 4.53. The quantitative estimate of drug-likeness (QED) is 0.0125. The molecule has 10 N–H and O–H groups in total. The summed E-state index contributed by atoms with van der Waals surface area (Å²) in [6, 6.07) is 5.36. The number of halogens is 1. The zero-order chi connectivity index (χ0) is 79.1. The van der Waals surface area contributed by atoms with Crippen LogP contribution in [0, 0.1) is 34.2 Å². The summed E-state index contributed by atoms with van der Waals surface area (Å²) in [7, 11) is 9.28. The molecule has 0 radical (unpaired) electrons. The third-order valence-electron chi connectivity index (χ3n) is 18.6. The van der Waals surface area contributed by atoms with Gasteiger partial charge in [-0.1, -0.05) is 63.1 Å². The van der Waals surface area contributed by atoms with Gasteiger partial charge in [0.2, 0.25) is 34.9 Å². The van der Waals surface area contributed by atoms with Gasteiger partial charge in [0.1, 0.15) is 42.4 Å². The fourth-order valence-corrected chi connectivity index (χ4v) is 17.1. The lowest BCUT2D eigenvalue weighted by Crippen LogP contribution is -2.65. The number of nitrogens with two attached hydrogens (primary N) is 1. The highest BCUT2D eigenvalue weighted by molar-refractivity contribution is 14.1. The zero-order valence-corrected chi connectivity index (χ0v) is 67.1. The van der Waals surface area contributed by atoms with Crippen LogP contribution in [-0.2, 0) is 66.6 Å². The first-order valence-electron chi connectivity index (χ1n) is 34.9. The number of ketones is 1. The summed E-state index contributed by atoms with van der Waals surface area (Å²) in [4.78, 5) is 87.5. The number of fused-ring (bicyclic) bond motifs is 2. The Morgan fingerprint density at radius 1 is 0.870 bits per heavy atom. The number of rotatable bonds is 31. The van der Waals surface area contributed by atoms with Crippen LogP contribution in [0.15, 0.2) is 64.4 Å². The molecule has 2 aliphatic carbocycles. The number of alkyl carbamates (subject to hydrolysis) is 1. The molecule has 4 heterocycles. The van der Waals surface area contributed by atoms with E-state index in [2.05, 4.69) is 45.0 Å². The van der Waals surface area contributed by atoms with Gasteiger partial charge < -0.3 is 97.7 Å². The molecule has 0 aromatic heterocycles. The topological polar surface area (TPSA) is 411 Å². The highest BCUT2D eigenvalue weighted by Crippen LogP contribution is 2.49. The number of nitrogens with one attached hydrogen (secondary N) is 3. The summed E-state index contributed by atoms with van der Waals surface area (Å²) in [6.07, 6.45) is -15.2. The second-order valence-electron chi connectivity index (χ2n) is 26.7. The minimum absolute atomic E-state index is 0.00339. The van der Waals surface area contributed by atoms with E-state index in [0.29, 0.717) is 40.2 Å². The van der Waals surface area contributed by atoms with Crippen molar-refractivity contribution in [2.75, 3.05) is 61.1 Å². The molecule has 1 unspecified atom stereocenters. The number of methoxy groups -OCH3 is 5. The van der Waals surface area contributed by atoms with Gasteiger partial charge in [0.05, 0.1) is 109 Å². The lowest BCUT2D eigenvalue weighted by Gasteiger charge is -2.47. The Kier molecular flexibility index (Phi) is 32.3. The summed E-state index contributed by atoms with van der Waals surface area (Å²) in [5, 5.41) is 64.5. The second kappa shape index (κ2) is 39.8. The molecular weight excluding hydrogens is 1580 g/mol. The number of amides is 4. The van der Waals surface area contributed by atoms with Gasteiger partial charge in [-0.05, 0) is 132 Å². The molecule has 31 nitrogen and oxygen atoms in total. The fraction of sp³-hybridized carbons (Fsp3) is 0.603. The van der Waals surface area contributed by atoms with E-state index >= 15 is 0 Å². The number of hydrogen-bond acceptors (Lipinski definition) is 30. The van der Waals surface area contributed by atoms with Crippen LogP contribution in [0.1, 0.15) is 115 Å². The number of thioether (sulfide) groups is 1. The summed E-state index contributed by atoms with van der Waals surface area (Å²) in [5.41, 5.74) is 9.81. The van der Waals surface area contributed by atoms with Crippen LogP contribution < -0.4 is 40.9 Å². The Morgan fingerprint density at radius 2 is 1.57 bits per heavy atom. The summed E-state index contributed by atoms with van der Waals surface area (Å²) in [5.74, 6) is 10.5. The normalized spacial score (nSPS) is 30.7. The smallest absolute Gasteiger partial charge is 0.411 e. The highest BCUT2D eigenvalue weighted by atomic mass is 127. The van der Waals surface area contributed by atoms with Crippen molar-refractivity contribution in [1.29, 1.82) is 0 Å². The molecule has 108 heavy (non-hydrogen) atoms. The lowest BCUT2D eigenvalue weighted by atomic mass is 9.75. The van der Waals surface area contributed by atoms with E-state index < -0.39 is 149 Å². The standard InChI is InChI=1S/C73H97IN6O25S3/c1-15-80(41(7)81)45-35-98-52(32-49(45)92-10)103-65-60(87)57(79-105-53-31-46(82)67(40(6)99-53)107-68(89)54-36(2)56(74)63(66(95-13)62(54)93-11)104-69-61(88)64(94-12)59(86)39(5)101-69)38(4)100-70(65)102-48-21-18-16-17-19-28-73(91)33-47(83)58(76-71(90)96-14)55(48)44(73)27-30-106-108-72(8,9)34-51(85)78-77-37(3)42-23-25-43(26-24-42)97-29-20-22-50(75)84/h16-17,23-27,38-40,45-46,48-49,52-53,57,59-61,64-65,67,69-70,79,82,86-88,91H,15,20,22,29-35H2,1-14H3,(H2,75,84)(H,76,90)(H,78,85)/b17-16-,44-27+,77-37+/t38-,39+,40-,45+,46+,48-,49+,52+,53+,57?,59+,60+,61-,64-,65-,67-,69+,70+,73+/m1/s1. The van der Waals surface area contributed by atoms with Crippen molar-refractivity contribution in [1.82, 2.24) is 21.1 Å². The molecule has 0 spiro atoms. The molecule has 4 amide bonds. The van der Waals surface area contributed by atoms with Gasteiger partial charge in [-0.15, -0.1) is 0 Å². The molecular formula is C73H97IN6O25S3. The molecule has 19 atom stereocenters. The third kappa shape index (κ3) is 21.7. The number of Topliss-reactive ketones (excluding diaryl/α,β-unsaturated/α-hetero) is 1. The number of nitrogens with zero attached hydrogens (tertiary/aromatic N) is 2. The van der Waals surface area contributed by atoms with E-state index in [1.54, 1.807) is 69.9 Å². The van der Waals surface area contributed by atoms with Crippen molar-refractivity contribution in [2.45, 2.75) is 221 Å². The number of primary amides is 1. The number of hydroxylamine groups is 1. The first-order chi connectivity index (χ1) is 51.3. The SMILES string of the molecule is CCN(C(C)=O)[C@H]1CO[C@@H](O[C@H]2[C@H](O[C@@H]3C#C/C=C\C#C[C@]4(O)CC(=O)C(NC(=O)OC)=C3/C4=C\CSSC(C)(C)CC(=O)N/N=C(\C)c3ccc(OCCCC(N)=O)cc3)O[C@H](C)C(NO[C@H]3C[C@H](O)[C@H](SC(=O)c4c(C)c(I)c(O[C@@H]5O[C@@H](C)[C@H](O)[C@@H](OC)[C@H]5O)c(OC)c4OC)[C@@H](C)O3)[C@@H]2O)C[C@@H]1OC. The molecule has 4 aliphatic heterocycles. The number of hydrazone groups is 1. The molecule has 0 saturated carbocycles. The lowest BCUT2D eigenvalue weighted by molar-refractivity contribution is -0.337. The third-order valence-corrected chi connectivity index (χ3v) is 24.4. The van der Waals surface area contributed by atoms with Crippen LogP contribution in [0.5, 0.6) is 23.0 Å². The van der Waals surface area contributed by atoms with Crippen molar-refractivity contribution in [2.24, 2.45) is 10.8 Å². The van der Waals surface area contributed by atoms with E-state index in [1.165, 1.54) is 69.1 Å². The summed E-state index contributed by atoms with van der Waals surface area (Å²) >= 11 is 2.78. The number of carbonyl (C=O) groups is 6. The fourth-order valence-electron chi connectivity index (χ4n) is 13.0. The van der Waals surface area contributed by atoms with Crippen molar-refractivity contribution in [3.63, 3.8) is 0 Å². The van der Waals surface area contributed by atoms with Gasteiger partial charge in [-0.3, -0.25) is 34.1 Å². The largest absolute Gasteiger partial charge is 0.494 e. The summed E-state index contributed by atoms with van der Waals surface area (Å²) in [6.45, 7) is 15.9. The number of benzene rings is 2. The first-order valence-corrected chi connectivity index (χ1v) is 39.2. The van der Waals surface area contributed by atoms with Crippen LogP contribution in [0.25, 0.3) is 0 Å². The average Bonchev–Trinajstić information content (AvgIpc) is 0.755. The van der Waals surface area contributed by atoms with Crippen LogP contribution >= 0.6 is 55.9 Å². The van der Waals surface area contributed by atoms with E-state index in [-0.39, 0.29) is 89.5 Å². The molecule has 4 saturated heterocycles. The maximum atomic E-state index is 14.6. The number of likely N-dealkylation sites (N-methyl/N-ethyl adjacent to an activating group) is 1. The van der Waals surface area contributed by atoms with Crippen LogP contribution in [0.4, 0.5) is 4.79 Å². The van der Waals surface area contributed by atoms with Gasteiger partial charge >= 0.3 is 6.09 Å². The molecule has 2 aromatic carbocycles. The van der Waals surface area contributed by atoms with Crippen LogP contribution in [0.3, 0.4) is 0 Å². The Labute approximate surface area is 653 Å². The van der Waals surface area contributed by atoms with E-state index in [9.17, 15) is 54.3 Å². The van der Waals surface area contributed by atoms with Crippen molar-refractivity contribution >= 4 is 96.4 Å². The van der Waals surface area contributed by atoms with Crippen molar-refractivity contribution < 1.29 is 121 Å². The first kappa shape index (κ1) is 87.4. The minimum atomic E-state index is -2.23. The van der Waals surface area contributed by atoms with Gasteiger partial charge in [0.25, 0.3) is 0 Å². The molecule has 35 heteroatoms. The van der Waals surface area contributed by atoms with E-state index in [4.69, 9.17) is 72.2 Å². The Balaban J connectivity index is 1.02. The van der Waals surface area contributed by atoms with Crippen molar-refractivity contribution in [3.8, 4) is 46.7 Å². The molecule has 8 rings (SSSR count). The Hall–Kier alpha value is -6.15. The van der Waals surface area contributed by atoms with Crippen molar-refractivity contribution in [3.05, 3.63) is 79.6 Å². The molecule has 2 bridgehead atoms. The predicted molar refractivity (Wildman–Crippen MR) is 405 cm³/mol. The van der Waals surface area contributed by atoms with Gasteiger partial charge in [0.15, 0.2) is 41.8 Å². The Morgan fingerprint density at radius 3 is 2.22 bits per heavy atom. The molecule has 2 aromatic rings. The van der Waals surface area contributed by atoms with E-state index in [1.807, 2.05) is 43.4 Å². The van der Waals surface area contributed by atoms with Gasteiger partial charge in [-0.25, -0.2) is 10.2 Å². The zero-order valence-electron chi connectivity index (χ0n) is 62.5. The van der Waals surface area contributed by atoms with E-state index in [0.717, 1.165) is 24.4 Å². The number of allylic oxidation sites excluding steroid dienone is 3. The number of aliphatic hydroxyl groups excluding tert-OH is 4. The molecule has 4 fully saturated rings. The van der Waals surface area contributed by atoms with Crippen LogP contribution in [0.2, 0.25) is 0 Å². The maximum Gasteiger partial charge on any atom is 0.411 e. The number of hydrogen-bond donors (Lipinski definition) is 9. The monoisotopic (exact) mass is 1680 g/mol. The average molecular weight is 1680 g/mol.